The molecule has 5 nitrogen and oxygen atoms in total. The Labute approximate surface area is 176 Å². The molecule has 166 valence electrons. The summed E-state index contributed by atoms with van der Waals surface area (Å²) in [5.74, 6) is -0.102. The fourth-order valence-electron chi connectivity index (χ4n) is 4.21. The van der Waals surface area contributed by atoms with E-state index in [1.54, 1.807) is 12.1 Å². The van der Waals surface area contributed by atoms with Crippen LogP contribution in [-0.2, 0) is 19.0 Å². The van der Waals surface area contributed by atoms with Gasteiger partial charge in [-0.3, -0.25) is 0 Å². The topological polar surface area (TPSA) is 70.6 Å². The van der Waals surface area contributed by atoms with Gasteiger partial charge in [0, 0.05) is 24.1 Å². The molecule has 2 aromatic carbocycles. The predicted octanol–water partition coefficient (Wildman–Crippen LogP) is 4.54. The highest BCUT2D eigenvalue weighted by Gasteiger charge is 2.40. The third-order valence-corrected chi connectivity index (χ3v) is 5.71. The number of ether oxygens (including phenoxy) is 1. The third kappa shape index (κ3) is 4.32. The minimum Gasteiger partial charge on any atom is -0.484 e. The van der Waals surface area contributed by atoms with Crippen LogP contribution in [0, 0.1) is 0 Å². The van der Waals surface area contributed by atoms with E-state index in [4.69, 9.17) is 4.74 Å². The molecule has 1 aliphatic heterocycles. The molecule has 1 heterocycles. The number of carbonyl (C=O) groups excluding carboxylic acids is 1. The number of alkyl halides is 4. The first-order chi connectivity index (χ1) is 14.6. The van der Waals surface area contributed by atoms with E-state index >= 15 is 0 Å². The zero-order chi connectivity index (χ0) is 22.4. The van der Waals surface area contributed by atoms with Crippen LogP contribution in [0.1, 0.15) is 41.6 Å². The highest BCUT2D eigenvalue weighted by Crippen LogP contribution is 2.43. The van der Waals surface area contributed by atoms with E-state index in [9.17, 15) is 27.5 Å². The summed E-state index contributed by atoms with van der Waals surface area (Å²) in [6.07, 6.45) is -4.08. The van der Waals surface area contributed by atoms with E-state index in [0.29, 0.717) is 24.1 Å². The van der Waals surface area contributed by atoms with Crippen LogP contribution in [0.2, 0.25) is 0 Å². The SMILES string of the molecule is C[C@]1(CF)C[C@@H](NC(=O)Nc2cccc3c2C[C@H](O)C3)c2ccc(C(F)(F)F)cc2O1. The van der Waals surface area contributed by atoms with E-state index in [1.165, 1.54) is 13.0 Å². The molecule has 2 aromatic rings. The Morgan fingerprint density at radius 1 is 1.26 bits per heavy atom. The number of carbonyl (C=O) groups is 1. The van der Waals surface area contributed by atoms with Crippen molar-refractivity contribution in [3.8, 4) is 5.75 Å². The summed E-state index contributed by atoms with van der Waals surface area (Å²) < 4.78 is 58.4. The summed E-state index contributed by atoms with van der Waals surface area (Å²) in [6, 6.07) is 7.05. The lowest BCUT2D eigenvalue weighted by Crippen LogP contribution is -2.45. The fraction of sp³-hybridized carbons (Fsp3) is 0.409. The molecule has 3 atom stereocenters. The lowest BCUT2D eigenvalue weighted by Gasteiger charge is -2.38. The zero-order valence-electron chi connectivity index (χ0n) is 16.7. The number of hydrogen-bond acceptors (Lipinski definition) is 3. The summed E-state index contributed by atoms with van der Waals surface area (Å²) >= 11 is 0. The highest BCUT2D eigenvalue weighted by atomic mass is 19.4. The molecule has 2 aliphatic rings. The molecule has 0 spiro atoms. The maximum atomic E-state index is 13.6. The lowest BCUT2D eigenvalue weighted by molar-refractivity contribution is -0.137. The maximum absolute atomic E-state index is 13.6. The van der Waals surface area contributed by atoms with Gasteiger partial charge in [0.2, 0.25) is 0 Å². The number of fused-ring (bicyclic) bond motifs is 2. The Balaban J connectivity index is 1.57. The van der Waals surface area contributed by atoms with Gasteiger partial charge in [-0.25, -0.2) is 9.18 Å². The second-order valence-electron chi connectivity index (χ2n) is 8.30. The molecule has 0 unspecified atom stereocenters. The van der Waals surface area contributed by atoms with E-state index < -0.39 is 42.2 Å². The quantitative estimate of drug-likeness (QED) is 0.617. The largest absolute Gasteiger partial charge is 0.484 e. The van der Waals surface area contributed by atoms with Gasteiger partial charge in [-0.05, 0) is 42.7 Å². The number of benzene rings is 2. The van der Waals surface area contributed by atoms with Crippen molar-refractivity contribution in [3.63, 3.8) is 0 Å². The van der Waals surface area contributed by atoms with Crippen molar-refractivity contribution in [2.75, 3.05) is 12.0 Å². The third-order valence-electron chi connectivity index (χ3n) is 5.71. The van der Waals surface area contributed by atoms with Crippen molar-refractivity contribution >= 4 is 11.7 Å². The Bertz CT molecular complexity index is 1010. The zero-order valence-corrected chi connectivity index (χ0v) is 16.7. The fourth-order valence-corrected chi connectivity index (χ4v) is 4.21. The maximum Gasteiger partial charge on any atom is 0.416 e. The first-order valence-electron chi connectivity index (χ1n) is 9.90. The average Bonchev–Trinajstić information content (AvgIpc) is 3.08. The standard InChI is InChI=1S/C22H22F4N2O3/c1-21(11-23)10-18(15-6-5-13(22(24,25)26)8-19(15)31-21)28-20(30)27-17-4-2-3-12-7-14(29)9-16(12)17/h2-6,8,14,18,29H,7,9-11H2,1H3,(H2,27,28,30)/t14-,18-,21-/m1/s1. The van der Waals surface area contributed by atoms with Crippen molar-refractivity contribution in [3.05, 3.63) is 58.7 Å². The molecular weight excluding hydrogens is 416 g/mol. The van der Waals surface area contributed by atoms with Crippen LogP contribution in [0.15, 0.2) is 36.4 Å². The van der Waals surface area contributed by atoms with Gasteiger partial charge < -0.3 is 20.5 Å². The van der Waals surface area contributed by atoms with Crippen LogP contribution in [0.5, 0.6) is 5.75 Å². The monoisotopic (exact) mass is 438 g/mol. The molecule has 0 fully saturated rings. The summed E-state index contributed by atoms with van der Waals surface area (Å²) in [7, 11) is 0. The van der Waals surface area contributed by atoms with Gasteiger partial charge in [-0.1, -0.05) is 18.2 Å². The molecular formula is C22H22F4N2O3. The van der Waals surface area contributed by atoms with Crippen molar-refractivity contribution < 1.29 is 32.2 Å². The average molecular weight is 438 g/mol. The number of rotatable bonds is 3. The number of aliphatic hydroxyl groups is 1. The molecule has 0 saturated heterocycles. The van der Waals surface area contributed by atoms with E-state index in [-0.39, 0.29) is 12.2 Å². The Morgan fingerprint density at radius 3 is 2.74 bits per heavy atom. The first-order valence-corrected chi connectivity index (χ1v) is 9.90. The lowest BCUT2D eigenvalue weighted by atomic mass is 9.88. The summed E-state index contributed by atoms with van der Waals surface area (Å²) in [6.45, 7) is 0.529. The van der Waals surface area contributed by atoms with Crippen molar-refractivity contribution in [2.24, 2.45) is 0 Å². The number of hydrogen-bond donors (Lipinski definition) is 3. The van der Waals surface area contributed by atoms with E-state index in [1.807, 2.05) is 6.07 Å². The molecule has 4 rings (SSSR count). The number of anilines is 1. The van der Waals surface area contributed by atoms with Crippen LogP contribution < -0.4 is 15.4 Å². The number of amides is 2. The van der Waals surface area contributed by atoms with Gasteiger partial charge in [-0.2, -0.15) is 13.2 Å². The molecule has 3 N–H and O–H groups in total. The van der Waals surface area contributed by atoms with Gasteiger partial charge >= 0.3 is 12.2 Å². The number of halogens is 4. The molecule has 9 heteroatoms. The van der Waals surface area contributed by atoms with Crippen LogP contribution in [0.4, 0.5) is 28.0 Å². The number of urea groups is 1. The first kappa shape index (κ1) is 21.4. The van der Waals surface area contributed by atoms with Gasteiger partial charge in [0.1, 0.15) is 18.0 Å². The minimum atomic E-state index is -4.57. The summed E-state index contributed by atoms with van der Waals surface area (Å²) in [5, 5.41) is 15.4. The van der Waals surface area contributed by atoms with Crippen molar-refractivity contribution in [1.29, 1.82) is 0 Å². The summed E-state index contributed by atoms with van der Waals surface area (Å²) in [5.41, 5.74) is 0.429. The normalized spacial score (nSPS) is 24.7. The van der Waals surface area contributed by atoms with Gasteiger partial charge in [0.15, 0.2) is 0 Å². The van der Waals surface area contributed by atoms with E-state index in [0.717, 1.165) is 23.3 Å². The van der Waals surface area contributed by atoms with Crippen molar-refractivity contribution in [1.82, 2.24) is 5.32 Å². The Hall–Kier alpha value is -2.81. The van der Waals surface area contributed by atoms with E-state index in [2.05, 4.69) is 10.6 Å². The smallest absolute Gasteiger partial charge is 0.416 e. The Kier molecular flexibility index (Phi) is 5.33. The molecule has 0 saturated carbocycles. The van der Waals surface area contributed by atoms with Crippen LogP contribution >= 0.6 is 0 Å². The molecule has 0 aromatic heterocycles. The molecule has 31 heavy (non-hydrogen) atoms. The molecule has 0 bridgehead atoms. The highest BCUT2D eigenvalue weighted by molar-refractivity contribution is 5.90. The second kappa shape index (κ2) is 7.71. The van der Waals surface area contributed by atoms with Crippen LogP contribution in [0.25, 0.3) is 0 Å². The van der Waals surface area contributed by atoms with Gasteiger partial charge in [-0.15, -0.1) is 0 Å². The number of nitrogens with one attached hydrogen (secondary N) is 2. The van der Waals surface area contributed by atoms with Gasteiger partial charge in [0.05, 0.1) is 17.7 Å². The molecule has 2 amide bonds. The predicted molar refractivity (Wildman–Crippen MR) is 106 cm³/mol. The molecule has 0 radical (unpaired) electrons. The van der Waals surface area contributed by atoms with Crippen LogP contribution in [0.3, 0.4) is 0 Å². The Morgan fingerprint density at radius 2 is 2.03 bits per heavy atom. The second-order valence-corrected chi connectivity index (χ2v) is 8.30. The van der Waals surface area contributed by atoms with Crippen LogP contribution in [-0.4, -0.2) is 29.5 Å². The molecule has 1 aliphatic carbocycles. The van der Waals surface area contributed by atoms with Crippen molar-refractivity contribution in [2.45, 2.75) is 50.1 Å². The summed E-state index contributed by atoms with van der Waals surface area (Å²) in [4.78, 5) is 12.7. The number of aliphatic hydroxyl groups excluding tert-OH is 1. The minimum absolute atomic E-state index is 0.0564. The van der Waals surface area contributed by atoms with Gasteiger partial charge in [0.25, 0.3) is 0 Å².